The van der Waals surface area contributed by atoms with Gasteiger partial charge in [0.25, 0.3) is 0 Å². The molecule has 0 fully saturated rings. The molecule has 0 saturated heterocycles. The maximum Gasteiger partial charge on any atom is 0.323 e. The molecule has 0 aliphatic rings. The van der Waals surface area contributed by atoms with Crippen molar-refractivity contribution in [2.45, 2.75) is 39.8 Å². The minimum Gasteiger partial charge on any atom is -0.461 e. The Morgan fingerprint density at radius 2 is 1.85 bits per heavy atom. The van der Waals surface area contributed by atoms with E-state index in [4.69, 9.17) is 10.6 Å². The summed E-state index contributed by atoms with van der Waals surface area (Å²) in [4.78, 5) is 23.5. The predicted octanol–water partition coefficient (Wildman–Crippen LogP) is -0.119. The van der Waals surface area contributed by atoms with Gasteiger partial charge in [0.2, 0.25) is 17.8 Å². The van der Waals surface area contributed by atoms with Gasteiger partial charge >= 0.3 is 6.01 Å². The lowest BCUT2D eigenvalue weighted by atomic mass is 10.4. The fourth-order valence-corrected chi connectivity index (χ4v) is 1.30. The van der Waals surface area contributed by atoms with E-state index in [1.54, 1.807) is 0 Å². The topological polar surface area (TPSA) is 127 Å². The molecule has 5 N–H and O–H groups in total. The van der Waals surface area contributed by atoms with Gasteiger partial charge in [0.1, 0.15) is 0 Å². The van der Waals surface area contributed by atoms with Crippen LogP contribution in [-0.2, 0) is 4.79 Å². The monoisotopic (exact) mass is 283 g/mol. The summed E-state index contributed by atoms with van der Waals surface area (Å²) in [6.07, 6.45) is -0.0832. The molecule has 0 bridgehead atoms. The van der Waals surface area contributed by atoms with E-state index in [2.05, 4.69) is 31.0 Å². The molecule has 112 valence electrons. The lowest BCUT2D eigenvalue weighted by Crippen LogP contribution is -2.35. The molecule has 9 nitrogen and oxygen atoms in total. The van der Waals surface area contributed by atoms with E-state index in [1.807, 2.05) is 27.7 Å². The Hall–Kier alpha value is -2.16. The number of ether oxygens (including phenoxy) is 1. The molecule has 0 saturated carbocycles. The molecule has 1 aromatic rings. The van der Waals surface area contributed by atoms with Gasteiger partial charge in [-0.15, -0.1) is 0 Å². The fourth-order valence-electron chi connectivity index (χ4n) is 1.30. The number of carbonyl (C=O) groups excluding carboxylic acids is 1. The van der Waals surface area contributed by atoms with E-state index >= 15 is 0 Å². The second kappa shape index (κ2) is 7.43. The van der Waals surface area contributed by atoms with Crippen molar-refractivity contribution < 1.29 is 9.53 Å². The summed E-state index contributed by atoms with van der Waals surface area (Å²) in [6.45, 7) is 7.51. The fraction of sp³-hybridized carbons (Fsp3) is 0.636. The number of nitrogen functional groups attached to an aromatic ring is 1. The molecule has 0 aliphatic carbocycles. The summed E-state index contributed by atoms with van der Waals surface area (Å²) in [5.41, 5.74) is 2.32. The molecule has 1 heterocycles. The van der Waals surface area contributed by atoms with Crippen LogP contribution in [0.1, 0.15) is 27.7 Å². The molecule has 1 aromatic heterocycles. The molecule has 1 rings (SSSR count). The van der Waals surface area contributed by atoms with E-state index in [0.717, 1.165) is 0 Å². The number of carbonyl (C=O) groups is 1. The number of nitrogens with zero attached hydrogens (tertiary/aromatic N) is 3. The zero-order chi connectivity index (χ0) is 15.1. The summed E-state index contributed by atoms with van der Waals surface area (Å²) in [7, 11) is 0. The highest BCUT2D eigenvalue weighted by Gasteiger charge is 2.10. The van der Waals surface area contributed by atoms with Gasteiger partial charge < -0.3 is 15.4 Å². The first-order valence-electron chi connectivity index (χ1n) is 6.33. The van der Waals surface area contributed by atoms with Crippen LogP contribution in [-0.4, -0.2) is 39.5 Å². The van der Waals surface area contributed by atoms with Crippen LogP contribution >= 0.6 is 0 Å². The highest BCUT2D eigenvalue weighted by molar-refractivity contribution is 5.80. The molecule has 0 aliphatic heterocycles. The number of anilines is 2. The molecule has 0 unspecified atom stereocenters. The van der Waals surface area contributed by atoms with Gasteiger partial charge in [-0.3, -0.25) is 10.2 Å². The quantitative estimate of drug-likeness (QED) is 0.403. The minimum atomic E-state index is -0.158. The molecule has 0 radical (unpaired) electrons. The number of hydrazine groups is 1. The van der Waals surface area contributed by atoms with E-state index in [0.29, 0.717) is 0 Å². The number of nitrogens with one attached hydrogen (secondary N) is 3. The lowest BCUT2D eigenvalue weighted by molar-refractivity contribution is -0.119. The Labute approximate surface area is 117 Å². The zero-order valence-electron chi connectivity index (χ0n) is 12.1. The van der Waals surface area contributed by atoms with Gasteiger partial charge in [0.15, 0.2) is 0 Å². The van der Waals surface area contributed by atoms with Crippen molar-refractivity contribution in [3.05, 3.63) is 0 Å². The van der Waals surface area contributed by atoms with Crippen LogP contribution in [0.3, 0.4) is 0 Å². The first-order chi connectivity index (χ1) is 9.40. The van der Waals surface area contributed by atoms with Crippen molar-refractivity contribution in [1.82, 2.24) is 20.3 Å². The summed E-state index contributed by atoms with van der Waals surface area (Å²) >= 11 is 0. The minimum absolute atomic E-state index is 0.0489. The van der Waals surface area contributed by atoms with Crippen LogP contribution in [0.2, 0.25) is 0 Å². The number of hydrogen-bond acceptors (Lipinski definition) is 8. The summed E-state index contributed by atoms with van der Waals surface area (Å²) in [5.74, 6) is 5.48. The van der Waals surface area contributed by atoms with Crippen molar-refractivity contribution in [1.29, 1.82) is 0 Å². The van der Waals surface area contributed by atoms with E-state index in [9.17, 15) is 4.79 Å². The van der Waals surface area contributed by atoms with E-state index < -0.39 is 0 Å². The Morgan fingerprint density at radius 3 is 2.40 bits per heavy atom. The van der Waals surface area contributed by atoms with Crippen molar-refractivity contribution >= 4 is 17.8 Å². The number of hydrogen-bond donors (Lipinski definition) is 4. The molecule has 1 amide bonds. The number of rotatable bonds is 7. The maximum absolute atomic E-state index is 11.5. The number of nitrogens with two attached hydrogens (primary N) is 1. The Morgan fingerprint density at radius 1 is 1.20 bits per heavy atom. The van der Waals surface area contributed by atoms with Crippen molar-refractivity contribution in [2.24, 2.45) is 5.84 Å². The largest absolute Gasteiger partial charge is 0.461 e. The van der Waals surface area contributed by atoms with Gasteiger partial charge in [0, 0.05) is 6.04 Å². The van der Waals surface area contributed by atoms with E-state index in [-0.39, 0.29) is 42.5 Å². The normalized spacial score (nSPS) is 10.6. The van der Waals surface area contributed by atoms with Crippen molar-refractivity contribution in [3.8, 4) is 6.01 Å². The lowest BCUT2D eigenvalue weighted by Gasteiger charge is -2.12. The third-order valence-corrected chi connectivity index (χ3v) is 1.94. The first kappa shape index (κ1) is 15.9. The average Bonchev–Trinajstić information content (AvgIpc) is 2.34. The molecular formula is C11H21N7O2. The molecule has 0 atom stereocenters. The SMILES string of the molecule is CC(C)NC(=O)CNc1nc(NN)nc(OC(C)C)n1. The summed E-state index contributed by atoms with van der Waals surface area (Å²) < 4.78 is 5.37. The zero-order valence-corrected chi connectivity index (χ0v) is 12.1. The third-order valence-electron chi connectivity index (χ3n) is 1.94. The average molecular weight is 283 g/mol. The van der Waals surface area contributed by atoms with E-state index in [1.165, 1.54) is 0 Å². The molecule has 9 heteroatoms. The van der Waals surface area contributed by atoms with Crippen LogP contribution in [0, 0.1) is 0 Å². The Kier molecular flexibility index (Phi) is 5.91. The highest BCUT2D eigenvalue weighted by Crippen LogP contribution is 2.11. The predicted molar refractivity (Wildman–Crippen MR) is 75.2 cm³/mol. The smallest absolute Gasteiger partial charge is 0.323 e. The Bertz CT molecular complexity index is 450. The number of amides is 1. The van der Waals surface area contributed by atoms with Gasteiger partial charge in [-0.05, 0) is 27.7 Å². The van der Waals surface area contributed by atoms with Crippen LogP contribution < -0.4 is 26.6 Å². The maximum atomic E-state index is 11.5. The summed E-state index contributed by atoms with van der Waals surface area (Å²) in [5, 5.41) is 5.53. The third kappa shape index (κ3) is 5.65. The van der Waals surface area contributed by atoms with Crippen LogP contribution in [0.15, 0.2) is 0 Å². The number of aromatic nitrogens is 3. The second-order valence-corrected chi connectivity index (χ2v) is 4.65. The molecular weight excluding hydrogens is 262 g/mol. The van der Waals surface area contributed by atoms with Gasteiger partial charge in [-0.25, -0.2) is 5.84 Å². The molecule has 0 spiro atoms. The van der Waals surface area contributed by atoms with Crippen LogP contribution in [0.25, 0.3) is 0 Å². The van der Waals surface area contributed by atoms with Crippen molar-refractivity contribution in [3.63, 3.8) is 0 Å². The standard InChI is InChI=1S/C11H21N7O2/c1-6(2)14-8(19)5-13-9-15-10(18-12)17-11(16-9)20-7(3)4/h6-7H,5,12H2,1-4H3,(H,14,19)(H2,13,15,16,17,18). The first-order valence-corrected chi connectivity index (χ1v) is 6.33. The second-order valence-electron chi connectivity index (χ2n) is 4.65. The van der Waals surface area contributed by atoms with Crippen LogP contribution in [0.4, 0.5) is 11.9 Å². The van der Waals surface area contributed by atoms with Gasteiger partial charge in [0.05, 0.1) is 12.6 Å². The summed E-state index contributed by atoms with van der Waals surface area (Å²) in [6, 6.07) is 0.207. The molecule has 20 heavy (non-hydrogen) atoms. The van der Waals surface area contributed by atoms with Gasteiger partial charge in [-0.1, -0.05) is 0 Å². The van der Waals surface area contributed by atoms with Crippen molar-refractivity contribution in [2.75, 3.05) is 17.3 Å². The molecule has 0 aromatic carbocycles. The highest BCUT2D eigenvalue weighted by atomic mass is 16.5. The van der Waals surface area contributed by atoms with Crippen LogP contribution in [0.5, 0.6) is 6.01 Å². The van der Waals surface area contributed by atoms with Gasteiger partial charge in [-0.2, -0.15) is 15.0 Å². The Balaban J connectivity index is 2.71.